The normalized spacial score (nSPS) is 11.9. The molecule has 1 N–H and O–H groups in total. The highest BCUT2D eigenvalue weighted by molar-refractivity contribution is 7.92. The minimum atomic E-state index is -4.08. The molecule has 0 heterocycles. The number of hydrogen-bond acceptors (Lipinski definition) is 5. The van der Waals surface area contributed by atoms with Gasteiger partial charge in [-0.05, 0) is 61.7 Å². The molecule has 0 aliphatic carbocycles. The molecular weight excluding hydrogens is 514 g/mol. The number of para-hydroxylation sites is 1. The third kappa shape index (κ3) is 7.60. The van der Waals surface area contributed by atoms with Crippen molar-refractivity contribution in [2.45, 2.75) is 51.1 Å². The summed E-state index contributed by atoms with van der Waals surface area (Å²) in [7, 11) is -2.51. The fourth-order valence-corrected chi connectivity index (χ4v) is 5.59. The molecule has 0 aromatic heterocycles. The molecule has 3 rings (SSSR count). The van der Waals surface area contributed by atoms with Gasteiger partial charge in [-0.3, -0.25) is 13.9 Å². The monoisotopic (exact) mass is 551 g/mol. The number of ether oxygens (including phenoxy) is 1. The highest BCUT2D eigenvalue weighted by atomic mass is 32.2. The van der Waals surface area contributed by atoms with Gasteiger partial charge < -0.3 is 15.0 Å². The molecule has 3 aromatic rings. The number of carbonyl (C=O) groups is 2. The summed E-state index contributed by atoms with van der Waals surface area (Å²) in [5, 5.41) is 2.88. The van der Waals surface area contributed by atoms with Gasteiger partial charge in [0.25, 0.3) is 10.0 Å². The van der Waals surface area contributed by atoms with E-state index in [0.29, 0.717) is 24.4 Å². The van der Waals surface area contributed by atoms with E-state index in [1.807, 2.05) is 32.9 Å². The van der Waals surface area contributed by atoms with Crippen molar-refractivity contribution in [2.75, 3.05) is 24.5 Å². The second-order valence-electron chi connectivity index (χ2n) is 9.25. The fourth-order valence-electron chi connectivity index (χ4n) is 4.17. The van der Waals surface area contributed by atoms with E-state index in [1.54, 1.807) is 61.7 Å². The van der Waals surface area contributed by atoms with E-state index >= 15 is 0 Å². The van der Waals surface area contributed by atoms with Crippen LogP contribution in [0.15, 0.2) is 83.8 Å². The lowest BCUT2D eigenvalue weighted by Crippen LogP contribution is -2.52. The molecule has 0 unspecified atom stereocenters. The highest BCUT2D eigenvalue weighted by Gasteiger charge is 2.33. The number of amides is 2. The Morgan fingerprint density at radius 2 is 1.56 bits per heavy atom. The van der Waals surface area contributed by atoms with Gasteiger partial charge in [-0.25, -0.2) is 8.42 Å². The Morgan fingerprint density at radius 1 is 0.923 bits per heavy atom. The standard InChI is InChI=1S/C30H37N3O5S/c1-5-20-31-30(35)28(6-2)32(21-24-14-16-26(38-4)17-15-24)29(34)22-33(25-10-8-7-9-11-25)39(36,37)27-18-12-23(3)13-19-27/h7-19,28H,5-6,20-22H2,1-4H3,(H,31,35)/t28-/m0/s1. The van der Waals surface area contributed by atoms with Gasteiger partial charge in [-0.2, -0.15) is 0 Å². The summed E-state index contributed by atoms with van der Waals surface area (Å²) in [4.78, 5) is 28.6. The van der Waals surface area contributed by atoms with Crippen LogP contribution in [0.3, 0.4) is 0 Å². The van der Waals surface area contributed by atoms with Gasteiger partial charge >= 0.3 is 0 Å². The molecule has 9 heteroatoms. The third-order valence-corrected chi connectivity index (χ3v) is 8.17. The van der Waals surface area contributed by atoms with Crippen LogP contribution in [0.1, 0.15) is 37.8 Å². The van der Waals surface area contributed by atoms with E-state index in [0.717, 1.165) is 21.9 Å². The Labute approximate surface area is 231 Å². The molecule has 0 fully saturated rings. The van der Waals surface area contributed by atoms with Crippen LogP contribution in [0.25, 0.3) is 0 Å². The molecule has 8 nitrogen and oxygen atoms in total. The molecule has 0 bridgehead atoms. The summed E-state index contributed by atoms with van der Waals surface area (Å²) in [6, 6.07) is 21.5. The van der Waals surface area contributed by atoms with Crippen molar-refractivity contribution in [1.82, 2.24) is 10.2 Å². The number of rotatable bonds is 13. The number of nitrogens with zero attached hydrogens (tertiary/aromatic N) is 2. The van der Waals surface area contributed by atoms with Gasteiger partial charge in [-0.15, -0.1) is 0 Å². The van der Waals surface area contributed by atoms with E-state index in [4.69, 9.17) is 4.74 Å². The van der Waals surface area contributed by atoms with Crippen molar-refractivity contribution < 1.29 is 22.7 Å². The van der Waals surface area contributed by atoms with Crippen LogP contribution in [0.2, 0.25) is 0 Å². The van der Waals surface area contributed by atoms with E-state index in [-0.39, 0.29) is 17.3 Å². The van der Waals surface area contributed by atoms with Crippen LogP contribution in [-0.2, 0) is 26.2 Å². The van der Waals surface area contributed by atoms with Crippen LogP contribution in [-0.4, -0.2) is 51.4 Å². The molecular formula is C30H37N3O5S. The minimum absolute atomic E-state index is 0.0826. The van der Waals surface area contributed by atoms with Gasteiger partial charge in [0.2, 0.25) is 11.8 Å². The number of methoxy groups -OCH3 is 1. The Hall–Kier alpha value is -3.85. The van der Waals surface area contributed by atoms with Gasteiger partial charge in [0.15, 0.2) is 0 Å². The van der Waals surface area contributed by atoms with Gasteiger partial charge in [0, 0.05) is 13.1 Å². The zero-order chi connectivity index (χ0) is 28.4. The topological polar surface area (TPSA) is 96.0 Å². The van der Waals surface area contributed by atoms with E-state index in [2.05, 4.69) is 5.32 Å². The first kappa shape index (κ1) is 29.7. The summed E-state index contributed by atoms with van der Waals surface area (Å²) in [6.45, 7) is 5.82. The SMILES string of the molecule is CCCNC(=O)[C@H](CC)N(Cc1ccc(OC)cc1)C(=O)CN(c1ccccc1)S(=O)(=O)c1ccc(C)cc1. The molecule has 0 saturated carbocycles. The number of anilines is 1. The third-order valence-electron chi connectivity index (χ3n) is 6.38. The van der Waals surface area contributed by atoms with Gasteiger partial charge in [-0.1, -0.05) is 61.9 Å². The number of nitrogens with one attached hydrogen (secondary N) is 1. The van der Waals surface area contributed by atoms with Crippen molar-refractivity contribution in [3.8, 4) is 5.75 Å². The maximum Gasteiger partial charge on any atom is 0.264 e. The average molecular weight is 552 g/mol. The highest BCUT2D eigenvalue weighted by Crippen LogP contribution is 2.25. The van der Waals surface area contributed by atoms with Crippen LogP contribution >= 0.6 is 0 Å². The molecule has 0 spiro atoms. The van der Waals surface area contributed by atoms with E-state index in [9.17, 15) is 18.0 Å². The van der Waals surface area contributed by atoms with Crippen LogP contribution in [0.4, 0.5) is 5.69 Å². The molecule has 0 radical (unpaired) electrons. The van der Waals surface area contributed by atoms with Crippen LogP contribution in [0.5, 0.6) is 5.75 Å². The van der Waals surface area contributed by atoms with Crippen LogP contribution in [0, 0.1) is 6.92 Å². The van der Waals surface area contributed by atoms with E-state index < -0.39 is 28.5 Å². The Balaban J connectivity index is 2.01. The molecule has 0 aliphatic rings. The first-order chi connectivity index (χ1) is 18.7. The molecule has 208 valence electrons. The fraction of sp³-hybridized carbons (Fsp3) is 0.333. The smallest absolute Gasteiger partial charge is 0.264 e. The maximum atomic E-state index is 14.0. The predicted molar refractivity (Wildman–Crippen MR) is 153 cm³/mol. The largest absolute Gasteiger partial charge is 0.497 e. The molecule has 39 heavy (non-hydrogen) atoms. The minimum Gasteiger partial charge on any atom is -0.497 e. The maximum absolute atomic E-state index is 14.0. The number of aryl methyl sites for hydroxylation is 1. The van der Waals surface area contributed by atoms with Crippen molar-refractivity contribution in [1.29, 1.82) is 0 Å². The summed E-state index contributed by atoms with van der Waals surface area (Å²) >= 11 is 0. The lowest BCUT2D eigenvalue weighted by Gasteiger charge is -2.33. The van der Waals surface area contributed by atoms with Gasteiger partial charge in [0.1, 0.15) is 18.3 Å². The zero-order valence-electron chi connectivity index (χ0n) is 23.0. The Bertz CT molecular complexity index is 1330. The molecule has 0 aliphatic heterocycles. The number of sulfonamides is 1. The number of hydrogen-bond donors (Lipinski definition) is 1. The molecule has 0 saturated heterocycles. The lowest BCUT2D eigenvalue weighted by molar-refractivity contribution is -0.140. The quantitative estimate of drug-likeness (QED) is 0.337. The van der Waals surface area contributed by atoms with E-state index in [1.165, 1.54) is 17.0 Å². The van der Waals surface area contributed by atoms with Crippen molar-refractivity contribution in [3.05, 3.63) is 90.0 Å². The summed E-state index contributed by atoms with van der Waals surface area (Å²) in [5.41, 5.74) is 2.07. The molecule has 3 aromatic carbocycles. The summed E-state index contributed by atoms with van der Waals surface area (Å²) in [6.07, 6.45) is 1.12. The lowest BCUT2D eigenvalue weighted by atomic mass is 10.1. The zero-order valence-corrected chi connectivity index (χ0v) is 23.8. The van der Waals surface area contributed by atoms with Crippen molar-refractivity contribution in [2.24, 2.45) is 0 Å². The average Bonchev–Trinajstić information content (AvgIpc) is 2.95. The predicted octanol–water partition coefficient (Wildman–Crippen LogP) is 4.53. The second kappa shape index (κ2) is 13.8. The second-order valence-corrected chi connectivity index (χ2v) is 11.1. The van der Waals surface area contributed by atoms with Crippen molar-refractivity contribution in [3.63, 3.8) is 0 Å². The first-order valence-corrected chi connectivity index (χ1v) is 14.5. The molecule has 1 atom stereocenters. The number of benzene rings is 3. The first-order valence-electron chi connectivity index (χ1n) is 13.1. The van der Waals surface area contributed by atoms with Crippen molar-refractivity contribution >= 4 is 27.5 Å². The van der Waals surface area contributed by atoms with Gasteiger partial charge in [0.05, 0.1) is 17.7 Å². The van der Waals surface area contributed by atoms with Crippen LogP contribution < -0.4 is 14.4 Å². The summed E-state index contributed by atoms with van der Waals surface area (Å²) in [5.74, 6) is -0.0819. The molecule has 2 amide bonds. The Kier molecular flexibility index (Phi) is 10.5. The Morgan fingerprint density at radius 3 is 2.13 bits per heavy atom. The number of carbonyl (C=O) groups excluding carboxylic acids is 2. The summed E-state index contributed by atoms with van der Waals surface area (Å²) < 4.78 is 34.0.